The summed E-state index contributed by atoms with van der Waals surface area (Å²) in [6.07, 6.45) is -0.487. The lowest BCUT2D eigenvalue weighted by molar-refractivity contribution is -0.895. The molecule has 0 aromatic heterocycles. The zero-order valence-electron chi connectivity index (χ0n) is 14.8. The van der Waals surface area contributed by atoms with Crippen molar-refractivity contribution in [1.29, 1.82) is 0 Å². The SMILES string of the molecule is CC[NH+](CC)CCN1C(=O)c2ccccc2NC1c1ccccc1F. The van der Waals surface area contributed by atoms with Crippen molar-refractivity contribution < 1.29 is 14.1 Å². The van der Waals surface area contributed by atoms with E-state index < -0.39 is 6.17 Å². The van der Waals surface area contributed by atoms with Gasteiger partial charge < -0.3 is 15.1 Å². The molecular weight excluding hydrogens is 317 g/mol. The second kappa shape index (κ2) is 7.66. The summed E-state index contributed by atoms with van der Waals surface area (Å²) in [6.45, 7) is 7.71. The molecule has 0 spiro atoms. The van der Waals surface area contributed by atoms with Gasteiger partial charge in [-0.3, -0.25) is 4.79 Å². The van der Waals surface area contributed by atoms with Crippen molar-refractivity contribution in [3.63, 3.8) is 0 Å². The summed E-state index contributed by atoms with van der Waals surface area (Å²) >= 11 is 0. The number of amides is 1. The van der Waals surface area contributed by atoms with E-state index in [1.165, 1.54) is 11.0 Å². The second-order valence-corrected chi connectivity index (χ2v) is 6.32. The normalized spacial score (nSPS) is 16.7. The molecule has 132 valence electrons. The molecule has 1 amide bonds. The van der Waals surface area contributed by atoms with E-state index in [0.29, 0.717) is 17.7 Å². The highest BCUT2D eigenvalue weighted by molar-refractivity contribution is 6.01. The van der Waals surface area contributed by atoms with E-state index in [9.17, 15) is 9.18 Å². The van der Waals surface area contributed by atoms with Gasteiger partial charge in [-0.25, -0.2) is 4.39 Å². The predicted octanol–water partition coefficient (Wildman–Crippen LogP) is 2.32. The number of carbonyl (C=O) groups is 1. The van der Waals surface area contributed by atoms with Gasteiger partial charge in [-0.05, 0) is 32.0 Å². The molecule has 0 saturated heterocycles. The zero-order chi connectivity index (χ0) is 17.8. The van der Waals surface area contributed by atoms with E-state index in [0.717, 1.165) is 25.3 Å². The monoisotopic (exact) mass is 342 g/mol. The van der Waals surface area contributed by atoms with Crippen molar-refractivity contribution in [2.45, 2.75) is 20.0 Å². The Hall–Kier alpha value is -2.40. The number of halogens is 1. The lowest BCUT2D eigenvalue weighted by atomic mass is 10.0. The number of quaternary nitrogens is 1. The Kier molecular flexibility index (Phi) is 5.34. The average Bonchev–Trinajstić information content (AvgIpc) is 2.64. The van der Waals surface area contributed by atoms with Gasteiger partial charge in [0, 0.05) is 11.3 Å². The summed E-state index contributed by atoms with van der Waals surface area (Å²) in [4.78, 5) is 16.2. The zero-order valence-corrected chi connectivity index (χ0v) is 14.8. The molecule has 0 saturated carbocycles. The first-order chi connectivity index (χ1) is 12.2. The molecule has 1 heterocycles. The minimum Gasteiger partial charge on any atom is -0.361 e. The van der Waals surface area contributed by atoms with E-state index in [4.69, 9.17) is 0 Å². The van der Waals surface area contributed by atoms with Crippen molar-refractivity contribution in [3.8, 4) is 0 Å². The Morgan fingerprint density at radius 3 is 2.48 bits per heavy atom. The number of nitrogens with zero attached hydrogens (tertiary/aromatic N) is 1. The molecule has 2 aromatic carbocycles. The number of anilines is 1. The van der Waals surface area contributed by atoms with Gasteiger partial charge in [0.05, 0.1) is 31.7 Å². The van der Waals surface area contributed by atoms with Crippen LogP contribution in [0.3, 0.4) is 0 Å². The molecule has 4 nitrogen and oxygen atoms in total. The lowest BCUT2D eigenvalue weighted by Crippen LogP contribution is -3.12. The van der Waals surface area contributed by atoms with Gasteiger partial charge in [-0.2, -0.15) is 0 Å². The Labute approximate surface area is 148 Å². The van der Waals surface area contributed by atoms with Crippen LogP contribution < -0.4 is 10.2 Å². The van der Waals surface area contributed by atoms with Crippen LogP contribution in [-0.2, 0) is 0 Å². The van der Waals surface area contributed by atoms with Crippen molar-refractivity contribution in [2.24, 2.45) is 0 Å². The maximum atomic E-state index is 14.4. The third-order valence-corrected chi connectivity index (χ3v) is 4.93. The topological polar surface area (TPSA) is 36.8 Å². The maximum Gasteiger partial charge on any atom is 0.258 e. The molecule has 5 heteroatoms. The van der Waals surface area contributed by atoms with Crippen molar-refractivity contribution in [3.05, 3.63) is 65.5 Å². The predicted molar refractivity (Wildman–Crippen MR) is 97.2 cm³/mol. The average molecular weight is 342 g/mol. The van der Waals surface area contributed by atoms with Gasteiger partial charge in [-0.15, -0.1) is 0 Å². The summed E-state index contributed by atoms with van der Waals surface area (Å²) in [6, 6.07) is 14.1. The third-order valence-electron chi connectivity index (χ3n) is 4.93. The number of hydrogen-bond acceptors (Lipinski definition) is 2. The molecule has 3 rings (SSSR count). The quantitative estimate of drug-likeness (QED) is 0.845. The molecule has 2 aromatic rings. The van der Waals surface area contributed by atoms with Gasteiger partial charge in [-0.1, -0.05) is 30.3 Å². The van der Waals surface area contributed by atoms with Gasteiger partial charge >= 0.3 is 0 Å². The van der Waals surface area contributed by atoms with Crippen LogP contribution in [0.25, 0.3) is 0 Å². The highest BCUT2D eigenvalue weighted by Crippen LogP contribution is 2.33. The van der Waals surface area contributed by atoms with E-state index in [-0.39, 0.29) is 11.7 Å². The molecule has 0 radical (unpaired) electrons. The number of fused-ring (bicyclic) bond motifs is 1. The highest BCUT2D eigenvalue weighted by Gasteiger charge is 2.34. The smallest absolute Gasteiger partial charge is 0.258 e. The first-order valence-electron chi connectivity index (χ1n) is 8.90. The lowest BCUT2D eigenvalue weighted by Gasteiger charge is -2.38. The largest absolute Gasteiger partial charge is 0.361 e. The first kappa shape index (κ1) is 17.4. The summed E-state index contributed by atoms with van der Waals surface area (Å²) in [5, 5.41) is 3.35. The Balaban J connectivity index is 1.95. The molecule has 25 heavy (non-hydrogen) atoms. The fourth-order valence-electron chi connectivity index (χ4n) is 3.35. The fourth-order valence-corrected chi connectivity index (χ4v) is 3.35. The first-order valence-corrected chi connectivity index (χ1v) is 8.90. The minimum atomic E-state index is -0.487. The molecular formula is C20H25FN3O+. The molecule has 2 N–H and O–H groups in total. The fraction of sp³-hybridized carbons (Fsp3) is 0.350. The van der Waals surface area contributed by atoms with Gasteiger partial charge in [0.15, 0.2) is 0 Å². The van der Waals surface area contributed by atoms with E-state index in [2.05, 4.69) is 19.2 Å². The van der Waals surface area contributed by atoms with E-state index in [1.807, 2.05) is 24.3 Å². The highest BCUT2D eigenvalue weighted by atomic mass is 19.1. The number of carbonyl (C=O) groups excluding carboxylic acids is 1. The molecule has 0 fully saturated rings. The van der Waals surface area contributed by atoms with Crippen LogP contribution in [0, 0.1) is 5.82 Å². The molecule has 1 atom stereocenters. The number of rotatable bonds is 6. The molecule has 1 aliphatic heterocycles. The van der Waals surface area contributed by atoms with Crippen molar-refractivity contribution in [2.75, 3.05) is 31.5 Å². The Morgan fingerprint density at radius 1 is 1.08 bits per heavy atom. The van der Waals surface area contributed by atoms with Gasteiger partial charge in [0.1, 0.15) is 12.0 Å². The van der Waals surface area contributed by atoms with Crippen LogP contribution >= 0.6 is 0 Å². The standard InChI is InChI=1S/C20H24FN3O/c1-3-23(4-2)13-14-24-19(15-9-5-7-11-17(15)21)22-18-12-8-6-10-16(18)20(24)25/h5-12,19,22H,3-4,13-14H2,1-2H3/p+1. The third kappa shape index (κ3) is 3.51. The number of benzene rings is 2. The minimum absolute atomic E-state index is 0.0471. The number of likely N-dealkylation sites (N-methyl/N-ethyl adjacent to an activating group) is 1. The Bertz CT molecular complexity index is 745. The molecule has 1 unspecified atom stereocenters. The molecule has 1 aliphatic rings. The van der Waals surface area contributed by atoms with Gasteiger partial charge in [0.25, 0.3) is 5.91 Å². The van der Waals surface area contributed by atoms with Gasteiger partial charge in [0.2, 0.25) is 0 Å². The van der Waals surface area contributed by atoms with Crippen LogP contribution in [0.2, 0.25) is 0 Å². The molecule has 0 bridgehead atoms. The van der Waals surface area contributed by atoms with Crippen LogP contribution in [0.4, 0.5) is 10.1 Å². The van der Waals surface area contributed by atoms with Crippen molar-refractivity contribution >= 4 is 11.6 Å². The van der Waals surface area contributed by atoms with Crippen LogP contribution in [-0.4, -0.2) is 37.0 Å². The van der Waals surface area contributed by atoms with Crippen molar-refractivity contribution in [1.82, 2.24) is 4.90 Å². The van der Waals surface area contributed by atoms with Crippen LogP contribution in [0.15, 0.2) is 48.5 Å². The molecule has 0 aliphatic carbocycles. The summed E-state index contributed by atoms with van der Waals surface area (Å²) in [7, 11) is 0. The van der Waals surface area contributed by atoms with Crippen LogP contribution in [0.5, 0.6) is 0 Å². The summed E-state index contributed by atoms with van der Waals surface area (Å²) in [5.74, 6) is -0.346. The number of para-hydroxylation sites is 1. The number of nitrogens with one attached hydrogen (secondary N) is 2. The summed E-state index contributed by atoms with van der Waals surface area (Å²) < 4.78 is 14.4. The maximum absolute atomic E-state index is 14.4. The second-order valence-electron chi connectivity index (χ2n) is 6.32. The Morgan fingerprint density at radius 2 is 1.76 bits per heavy atom. The van der Waals surface area contributed by atoms with E-state index >= 15 is 0 Å². The number of hydrogen-bond donors (Lipinski definition) is 2. The summed E-state index contributed by atoms with van der Waals surface area (Å²) in [5.41, 5.74) is 1.90. The van der Waals surface area contributed by atoms with Crippen LogP contribution in [0.1, 0.15) is 35.9 Å². The van der Waals surface area contributed by atoms with E-state index in [1.54, 1.807) is 23.1 Å².